The molecular formula is C21H13Cl2F3N4O3S. The number of alkyl halides is 3. The molecule has 3 aromatic carbocycles. The normalized spacial score (nSPS) is 11.4. The lowest BCUT2D eigenvalue weighted by Gasteiger charge is -2.17. The minimum absolute atomic E-state index is 0.00866. The summed E-state index contributed by atoms with van der Waals surface area (Å²) in [4.78, 5) is 11.4. The number of nitrogens with zero attached hydrogens (tertiary/aromatic N) is 1. The predicted octanol–water partition coefficient (Wildman–Crippen LogP) is 6.33. The van der Waals surface area contributed by atoms with Crippen LogP contribution in [0.4, 0.5) is 35.0 Å². The van der Waals surface area contributed by atoms with Crippen molar-refractivity contribution in [2.24, 2.45) is 0 Å². The minimum Gasteiger partial charge on any atom is -0.306 e. The summed E-state index contributed by atoms with van der Waals surface area (Å²) >= 11 is 11.9. The fraction of sp³-hybridized carbons (Fsp3) is 0.0476. The molecule has 0 heterocycles. The first-order valence-corrected chi connectivity index (χ1v) is 11.4. The van der Waals surface area contributed by atoms with E-state index in [-0.39, 0.29) is 32.7 Å². The van der Waals surface area contributed by atoms with Gasteiger partial charge in [-0.25, -0.2) is 13.2 Å². The molecule has 34 heavy (non-hydrogen) atoms. The molecule has 0 spiro atoms. The fourth-order valence-corrected chi connectivity index (χ4v) is 4.47. The van der Waals surface area contributed by atoms with Crippen LogP contribution in [0, 0.1) is 11.3 Å². The van der Waals surface area contributed by atoms with E-state index in [0.29, 0.717) is 6.07 Å². The number of halogens is 5. The van der Waals surface area contributed by atoms with Crippen LogP contribution in [0.1, 0.15) is 11.1 Å². The van der Waals surface area contributed by atoms with E-state index in [1.807, 2.05) is 4.72 Å². The molecule has 13 heteroatoms. The molecule has 0 aliphatic heterocycles. The summed E-state index contributed by atoms with van der Waals surface area (Å²) in [7, 11) is -4.77. The second-order valence-corrected chi connectivity index (χ2v) is 9.09. The van der Waals surface area contributed by atoms with Crippen molar-refractivity contribution >= 4 is 56.3 Å². The van der Waals surface area contributed by atoms with Crippen molar-refractivity contribution in [3.05, 3.63) is 81.8 Å². The van der Waals surface area contributed by atoms with Crippen LogP contribution in [0.15, 0.2) is 65.6 Å². The number of urea groups is 1. The lowest BCUT2D eigenvalue weighted by atomic mass is 10.2. The Hall–Kier alpha value is -3.46. The summed E-state index contributed by atoms with van der Waals surface area (Å²) in [6.45, 7) is 0. The zero-order valence-corrected chi connectivity index (χ0v) is 19.1. The molecule has 3 aromatic rings. The van der Waals surface area contributed by atoms with E-state index in [2.05, 4.69) is 10.6 Å². The van der Waals surface area contributed by atoms with Gasteiger partial charge in [0.25, 0.3) is 10.0 Å². The van der Waals surface area contributed by atoms with Crippen LogP contribution in [-0.2, 0) is 16.2 Å². The molecule has 7 nitrogen and oxygen atoms in total. The minimum atomic E-state index is -4.93. The summed E-state index contributed by atoms with van der Waals surface area (Å²) < 4.78 is 67.7. The number of hydrogen-bond acceptors (Lipinski definition) is 4. The molecule has 0 aliphatic carbocycles. The number of carbonyl (C=O) groups is 1. The molecule has 0 aliphatic rings. The largest absolute Gasteiger partial charge is 0.417 e. The Kier molecular flexibility index (Phi) is 7.26. The van der Waals surface area contributed by atoms with Gasteiger partial charge in [-0.2, -0.15) is 18.4 Å². The average molecular weight is 529 g/mol. The second kappa shape index (κ2) is 9.80. The Morgan fingerprint density at radius 1 is 0.912 bits per heavy atom. The molecule has 3 rings (SSSR count). The fourth-order valence-electron chi connectivity index (χ4n) is 2.82. The van der Waals surface area contributed by atoms with Crippen LogP contribution in [0.5, 0.6) is 0 Å². The smallest absolute Gasteiger partial charge is 0.306 e. The lowest BCUT2D eigenvalue weighted by molar-refractivity contribution is -0.139. The van der Waals surface area contributed by atoms with Gasteiger partial charge in [0.15, 0.2) is 0 Å². The number of hydrogen-bond donors (Lipinski definition) is 3. The van der Waals surface area contributed by atoms with E-state index < -0.39 is 32.7 Å². The van der Waals surface area contributed by atoms with Gasteiger partial charge in [0.2, 0.25) is 0 Å². The number of amides is 2. The standard InChI is InChI=1S/C21H13Cl2F3N4O3S/c22-14-5-3-6-16(19(14)23)29-20(31)28-15-9-8-12(11-27)10-17(15)30-34(32,33)18-7-2-1-4-13(18)21(24,25)26/h1-10,30H,(H2,28,29,31). The van der Waals surface area contributed by atoms with Crippen molar-refractivity contribution in [3.63, 3.8) is 0 Å². The van der Waals surface area contributed by atoms with Crippen LogP contribution >= 0.6 is 23.2 Å². The summed E-state index contributed by atoms with van der Waals surface area (Å²) in [5, 5.41) is 14.2. The van der Waals surface area contributed by atoms with Crippen molar-refractivity contribution in [2.75, 3.05) is 15.4 Å². The first-order chi connectivity index (χ1) is 15.9. The van der Waals surface area contributed by atoms with Crippen molar-refractivity contribution in [2.45, 2.75) is 11.1 Å². The Morgan fingerprint density at radius 2 is 1.59 bits per heavy atom. The second-order valence-electron chi connectivity index (χ2n) is 6.65. The van der Waals surface area contributed by atoms with E-state index in [4.69, 9.17) is 28.5 Å². The molecule has 0 aromatic heterocycles. The number of sulfonamides is 1. The molecule has 0 unspecified atom stereocenters. The molecule has 0 fully saturated rings. The molecule has 0 radical (unpaired) electrons. The van der Waals surface area contributed by atoms with E-state index in [9.17, 15) is 26.4 Å². The van der Waals surface area contributed by atoms with Crippen molar-refractivity contribution in [1.82, 2.24) is 0 Å². The number of carbonyl (C=O) groups excluding carboxylic acids is 1. The van der Waals surface area contributed by atoms with Crippen LogP contribution < -0.4 is 15.4 Å². The van der Waals surface area contributed by atoms with Gasteiger partial charge >= 0.3 is 12.2 Å². The lowest BCUT2D eigenvalue weighted by Crippen LogP contribution is -2.22. The van der Waals surface area contributed by atoms with Gasteiger partial charge in [0.1, 0.15) is 0 Å². The highest BCUT2D eigenvalue weighted by molar-refractivity contribution is 7.92. The zero-order valence-electron chi connectivity index (χ0n) is 16.7. The topological polar surface area (TPSA) is 111 Å². The van der Waals surface area contributed by atoms with E-state index in [1.165, 1.54) is 30.3 Å². The third-order valence-electron chi connectivity index (χ3n) is 4.32. The van der Waals surface area contributed by atoms with Crippen LogP contribution in [0.3, 0.4) is 0 Å². The van der Waals surface area contributed by atoms with E-state index >= 15 is 0 Å². The highest BCUT2D eigenvalue weighted by Gasteiger charge is 2.37. The van der Waals surface area contributed by atoms with Gasteiger partial charge in [0, 0.05) is 0 Å². The van der Waals surface area contributed by atoms with Crippen LogP contribution in [-0.4, -0.2) is 14.4 Å². The van der Waals surface area contributed by atoms with Crippen molar-refractivity contribution in [1.29, 1.82) is 5.26 Å². The molecule has 0 atom stereocenters. The summed E-state index contributed by atoms with van der Waals surface area (Å²) in [6.07, 6.45) is -4.93. The highest BCUT2D eigenvalue weighted by Crippen LogP contribution is 2.36. The van der Waals surface area contributed by atoms with E-state index in [0.717, 1.165) is 24.3 Å². The Balaban J connectivity index is 1.95. The number of rotatable bonds is 5. The third kappa shape index (κ3) is 5.72. The number of anilines is 3. The summed E-state index contributed by atoms with van der Waals surface area (Å²) in [5.41, 5.74) is -1.69. The number of nitrogens with one attached hydrogen (secondary N) is 3. The Labute approximate surface area is 202 Å². The Morgan fingerprint density at radius 3 is 2.26 bits per heavy atom. The monoisotopic (exact) mass is 528 g/mol. The molecule has 0 saturated heterocycles. The number of benzene rings is 3. The van der Waals surface area contributed by atoms with Gasteiger partial charge < -0.3 is 10.6 Å². The zero-order chi connectivity index (χ0) is 25.1. The third-order valence-corrected chi connectivity index (χ3v) is 6.57. The molecule has 2 amide bonds. The van der Waals surface area contributed by atoms with Gasteiger partial charge in [-0.05, 0) is 42.5 Å². The highest BCUT2D eigenvalue weighted by atomic mass is 35.5. The van der Waals surface area contributed by atoms with Crippen LogP contribution in [0.25, 0.3) is 0 Å². The average Bonchev–Trinajstić information content (AvgIpc) is 2.77. The first-order valence-electron chi connectivity index (χ1n) is 9.17. The molecule has 176 valence electrons. The predicted molar refractivity (Wildman–Crippen MR) is 123 cm³/mol. The molecule has 0 bridgehead atoms. The molecule has 3 N–H and O–H groups in total. The van der Waals surface area contributed by atoms with Gasteiger partial charge in [0.05, 0.1) is 49.2 Å². The SMILES string of the molecule is N#Cc1ccc(NC(=O)Nc2cccc(Cl)c2Cl)c(NS(=O)(=O)c2ccccc2C(F)(F)F)c1. The van der Waals surface area contributed by atoms with Crippen molar-refractivity contribution in [3.8, 4) is 6.07 Å². The quantitative estimate of drug-likeness (QED) is 0.359. The first kappa shape index (κ1) is 25.2. The maximum Gasteiger partial charge on any atom is 0.417 e. The molecular weight excluding hydrogens is 516 g/mol. The van der Waals surface area contributed by atoms with Gasteiger partial charge in [-0.15, -0.1) is 0 Å². The maximum absolute atomic E-state index is 13.3. The van der Waals surface area contributed by atoms with Gasteiger partial charge in [-0.3, -0.25) is 4.72 Å². The van der Waals surface area contributed by atoms with Crippen molar-refractivity contribution < 1.29 is 26.4 Å². The number of nitriles is 1. The van der Waals surface area contributed by atoms with Crippen LogP contribution in [0.2, 0.25) is 10.0 Å². The Bertz CT molecular complexity index is 1410. The maximum atomic E-state index is 13.3. The summed E-state index contributed by atoms with van der Waals surface area (Å²) in [5.74, 6) is 0. The molecule has 0 saturated carbocycles. The summed E-state index contributed by atoms with van der Waals surface area (Å²) in [6, 6.07) is 12.6. The van der Waals surface area contributed by atoms with E-state index in [1.54, 1.807) is 6.07 Å². The van der Waals surface area contributed by atoms with Gasteiger partial charge in [-0.1, -0.05) is 41.4 Å².